The van der Waals surface area contributed by atoms with Crippen LogP contribution < -0.4 is 0 Å². The molecule has 20 heavy (non-hydrogen) atoms. The van der Waals surface area contributed by atoms with Crippen LogP contribution in [0, 0.1) is 0 Å². The van der Waals surface area contributed by atoms with Crippen LogP contribution in [0.25, 0.3) is 31.6 Å². The molecule has 2 heteroatoms. The lowest BCUT2D eigenvalue weighted by molar-refractivity contribution is 0.832. The molecule has 0 amide bonds. The van der Waals surface area contributed by atoms with E-state index in [1.54, 1.807) is 0 Å². The molecule has 0 saturated carbocycles. The molecule has 0 aliphatic carbocycles. The molecule has 0 unspecified atom stereocenters. The largest absolute Gasteiger partial charge is 0.332 e. The van der Waals surface area contributed by atoms with Crippen LogP contribution >= 0.6 is 11.3 Å². The van der Waals surface area contributed by atoms with E-state index >= 15 is 0 Å². The average Bonchev–Trinajstić information content (AvgIpc) is 3.05. The summed E-state index contributed by atoms with van der Waals surface area (Å²) in [6.07, 6.45) is 0. The Hall–Kier alpha value is -2.06. The first-order valence-corrected chi connectivity index (χ1v) is 7.76. The summed E-state index contributed by atoms with van der Waals surface area (Å²) in [5, 5.41) is 2.74. The minimum atomic E-state index is 1.01. The summed E-state index contributed by atoms with van der Waals surface area (Å²) < 4.78 is 2.42. The van der Waals surface area contributed by atoms with Gasteiger partial charge in [-0.15, -0.1) is 11.3 Å². The topological polar surface area (TPSA) is 4.93 Å². The molecule has 0 spiro atoms. The Bertz CT molecular complexity index is 884. The number of aryl methyl sites for hydroxylation is 1. The van der Waals surface area contributed by atoms with Gasteiger partial charge in [0.15, 0.2) is 0 Å². The molecule has 0 N–H and O–H groups in total. The first-order valence-electron chi connectivity index (χ1n) is 6.94. The fraction of sp³-hybridized carbons (Fsp3) is 0.111. The van der Waals surface area contributed by atoms with Gasteiger partial charge in [-0.2, -0.15) is 0 Å². The second kappa shape index (κ2) is 4.50. The van der Waals surface area contributed by atoms with Crippen LogP contribution in [0.15, 0.2) is 60.7 Å². The maximum absolute atomic E-state index is 2.42. The molecule has 4 aromatic rings. The van der Waals surface area contributed by atoms with Crippen LogP contribution in [0.3, 0.4) is 0 Å². The van der Waals surface area contributed by atoms with E-state index in [2.05, 4.69) is 72.2 Å². The van der Waals surface area contributed by atoms with Gasteiger partial charge in [0.25, 0.3) is 0 Å². The van der Waals surface area contributed by atoms with E-state index in [0.717, 1.165) is 6.54 Å². The Morgan fingerprint density at radius 2 is 1.65 bits per heavy atom. The van der Waals surface area contributed by atoms with Gasteiger partial charge in [-0.1, -0.05) is 48.5 Å². The van der Waals surface area contributed by atoms with E-state index in [-0.39, 0.29) is 0 Å². The summed E-state index contributed by atoms with van der Waals surface area (Å²) in [4.78, 5) is 2.73. The lowest BCUT2D eigenvalue weighted by Gasteiger charge is -2.01. The first kappa shape index (κ1) is 11.7. The van der Waals surface area contributed by atoms with Crippen molar-refractivity contribution in [2.75, 3.05) is 0 Å². The number of hydrogen-bond donors (Lipinski definition) is 0. The van der Waals surface area contributed by atoms with Gasteiger partial charge in [0, 0.05) is 27.7 Å². The number of aromatic nitrogens is 1. The number of benzene rings is 2. The quantitative estimate of drug-likeness (QED) is 0.453. The van der Waals surface area contributed by atoms with Crippen LogP contribution in [0.2, 0.25) is 0 Å². The second-order valence-corrected chi connectivity index (χ2v) is 5.99. The van der Waals surface area contributed by atoms with Crippen LogP contribution in [-0.4, -0.2) is 4.57 Å². The van der Waals surface area contributed by atoms with E-state index in [1.807, 2.05) is 11.3 Å². The number of rotatable bonds is 2. The number of thiophene rings is 1. The number of para-hydroxylation sites is 1. The lowest BCUT2D eigenvalue weighted by atomic mass is 10.1. The van der Waals surface area contributed by atoms with Crippen molar-refractivity contribution in [2.45, 2.75) is 13.5 Å². The monoisotopic (exact) mass is 277 g/mol. The molecule has 0 bridgehead atoms. The zero-order valence-corrected chi connectivity index (χ0v) is 12.2. The molecule has 0 saturated heterocycles. The zero-order valence-electron chi connectivity index (χ0n) is 11.3. The summed E-state index contributed by atoms with van der Waals surface area (Å²) in [5.41, 5.74) is 2.65. The molecule has 0 aliphatic rings. The van der Waals surface area contributed by atoms with Gasteiger partial charge >= 0.3 is 0 Å². The Morgan fingerprint density at radius 3 is 2.45 bits per heavy atom. The predicted octanol–water partition coefficient (Wildman–Crippen LogP) is 5.54. The number of fused-ring (bicyclic) bond motifs is 3. The summed E-state index contributed by atoms with van der Waals surface area (Å²) in [6, 6.07) is 21.7. The maximum Gasteiger partial charge on any atom is 0.104 e. The lowest BCUT2D eigenvalue weighted by Crippen LogP contribution is -1.90. The highest BCUT2D eigenvalue weighted by Crippen LogP contribution is 2.39. The highest BCUT2D eigenvalue weighted by molar-refractivity contribution is 7.22. The minimum absolute atomic E-state index is 1.01. The van der Waals surface area contributed by atoms with Crippen molar-refractivity contribution in [2.24, 2.45) is 0 Å². The fourth-order valence-electron chi connectivity index (χ4n) is 2.88. The van der Waals surface area contributed by atoms with E-state index in [9.17, 15) is 0 Å². The van der Waals surface area contributed by atoms with Crippen LogP contribution in [-0.2, 0) is 6.54 Å². The van der Waals surface area contributed by atoms with Crippen molar-refractivity contribution in [1.82, 2.24) is 4.57 Å². The molecule has 2 aromatic carbocycles. The summed E-state index contributed by atoms with van der Waals surface area (Å²) in [6.45, 7) is 3.23. The Morgan fingerprint density at radius 1 is 0.900 bits per heavy atom. The van der Waals surface area contributed by atoms with Gasteiger partial charge in [-0.3, -0.25) is 0 Å². The highest BCUT2D eigenvalue weighted by atomic mass is 32.1. The van der Waals surface area contributed by atoms with Gasteiger partial charge in [0.1, 0.15) is 4.83 Å². The van der Waals surface area contributed by atoms with E-state index in [1.165, 1.54) is 31.6 Å². The minimum Gasteiger partial charge on any atom is -0.332 e. The molecule has 0 radical (unpaired) electrons. The van der Waals surface area contributed by atoms with Gasteiger partial charge in [0.05, 0.1) is 0 Å². The molecule has 2 aromatic heterocycles. The van der Waals surface area contributed by atoms with E-state index < -0.39 is 0 Å². The second-order valence-electron chi connectivity index (χ2n) is 4.96. The average molecular weight is 277 g/mol. The molecule has 4 rings (SSSR count). The van der Waals surface area contributed by atoms with Gasteiger partial charge < -0.3 is 4.57 Å². The van der Waals surface area contributed by atoms with Crippen molar-refractivity contribution in [3.63, 3.8) is 0 Å². The van der Waals surface area contributed by atoms with Crippen molar-refractivity contribution < 1.29 is 0 Å². The zero-order chi connectivity index (χ0) is 13.5. The maximum atomic E-state index is 2.42. The third kappa shape index (κ3) is 1.61. The van der Waals surface area contributed by atoms with Crippen molar-refractivity contribution in [3.8, 4) is 10.4 Å². The van der Waals surface area contributed by atoms with Gasteiger partial charge in [-0.05, 0) is 24.6 Å². The smallest absolute Gasteiger partial charge is 0.104 e. The molecule has 1 nitrogen and oxygen atoms in total. The molecule has 0 atom stereocenters. The first-order chi connectivity index (χ1) is 9.88. The van der Waals surface area contributed by atoms with Crippen molar-refractivity contribution in [1.29, 1.82) is 0 Å². The molecular weight excluding hydrogens is 262 g/mol. The molecular formula is C18H15NS. The van der Waals surface area contributed by atoms with E-state index in [0.29, 0.717) is 0 Å². The Kier molecular flexibility index (Phi) is 2.64. The molecule has 98 valence electrons. The highest BCUT2D eigenvalue weighted by Gasteiger charge is 2.13. The fourth-order valence-corrected chi connectivity index (χ4v) is 4.14. The molecule has 2 heterocycles. The molecule has 0 fully saturated rings. The van der Waals surface area contributed by atoms with Crippen LogP contribution in [0.5, 0.6) is 0 Å². The Labute approximate surface area is 122 Å². The normalized spacial score (nSPS) is 11.4. The van der Waals surface area contributed by atoms with Crippen molar-refractivity contribution in [3.05, 3.63) is 60.7 Å². The summed E-state index contributed by atoms with van der Waals surface area (Å²) in [7, 11) is 0. The Balaban J connectivity index is 2.05. The van der Waals surface area contributed by atoms with Gasteiger partial charge in [0.2, 0.25) is 0 Å². The summed E-state index contributed by atoms with van der Waals surface area (Å²) in [5.74, 6) is 0. The standard InChI is InChI=1S/C18H15NS/c1-2-19-16-11-7-6-10-14(16)15-12-17(20-18(15)19)13-8-4-3-5-9-13/h3-12H,2H2,1H3. The third-order valence-corrected chi connectivity index (χ3v) is 5.02. The SMILES string of the molecule is CCn1c2ccccc2c2cc(-c3ccccc3)sc21. The number of nitrogens with zero attached hydrogens (tertiary/aromatic N) is 1. The van der Waals surface area contributed by atoms with Crippen molar-refractivity contribution >= 4 is 32.5 Å². The van der Waals surface area contributed by atoms with Gasteiger partial charge in [-0.25, -0.2) is 0 Å². The third-order valence-electron chi connectivity index (χ3n) is 3.82. The summed E-state index contributed by atoms with van der Waals surface area (Å²) >= 11 is 1.89. The number of hydrogen-bond acceptors (Lipinski definition) is 1. The van der Waals surface area contributed by atoms with Crippen LogP contribution in [0.1, 0.15) is 6.92 Å². The van der Waals surface area contributed by atoms with Crippen LogP contribution in [0.4, 0.5) is 0 Å². The van der Waals surface area contributed by atoms with E-state index in [4.69, 9.17) is 0 Å². The molecule has 0 aliphatic heterocycles. The predicted molar refractivity (Wildman–Crippen MR) is 88.4 cm³/mol.